The maximum Gasteiger partial charge on any atom is 0.118 e. The van der Waals surface area contributed by atoms with Gasteiger partial charge in [0.25, 0.3) is 0 Å². The number of fused-ring (bicyclic) bond motifs is 1. The maximum atomic E-state index is 10.8. The third kappa shape index (κ3) is 3.09. The van der Waals surface area contributed by atoms with E-state index in [1.54, 1.807) is 7.11 Å². The van der Waals surface area contributed by atoms with Crippen LogP contribution < -0.4 is 4.74 Å². The van der Waals surface area contributed by atoms with E-state index in [1.165, 1.54) is 5.39 Å². The van der Waals surface area contributed by atoms with E-state index in [0.29, 0.717) is 6.54 Å². The standard InChI is InChI=1S/C23H21NO2/c1-26-20-13-11-17(12-14-20)22-15-19-9-5-6-10-21(19)24(22)16-23(25)18-7-3-2-4-8-18/h2-15,23,25H,16H2,1H3. The Hall–Kier alpha value is -3.04. The van der Waals surface area contributed by atoms with Crippen LogP contribution in [0, 0.1) is 0 Å². The Balaban J connectivity index is 1.78. The van der Waals surface area contributed by atoms with E-state index < -0.39 is 6.10 Å². The van der Waals surface area contributed by atoms with Crippen LogP contribution in [-0.2, 0) is 6.54 Å². The van der Waals surface area contributed by atoms with E-state index >= 15 is 0 Å². The molecule has 0 aliphatic rings. The van der Waals surface area contributed by atoms with Crippen molar-refractivity contribution >= 4 is 10.9 Å². The lowest BCUT2D eigenvalue weighted by molar-refractivity contribution is 0.158. The SMILES string of the molecule is COc1ccc(-c2cc3ccccc3n2CC(O)c2ccccc2)cc1. The van der Waals surface area contributed by atoms with Crippen LogP contribution in [0.4, 0.5) is 0 Å². The Morgan fingerprint density at radius 1 is 0.885 bits per heavy atom. The fourth-order valence-corrected chi connectivity index (χ4v) is 3.36. The number of aliphatic hydroxyl groups excluding tert-OH is 1. The quantitative estimate of drug-likeness (QED) is 0.550. The highest BCUT2D eigenvalue weighted by molar-refractivity contribution is 5.87. The van der Waals surface area contributed by atoms with Gasteiger partial charge in [-0.1, -0.05) is 48.5 Å². The fraction of sp³-hybridized carbons (Fsp3) is 0.130. The molecule has 1 N–H and O–H groups in total. The number of aliphatic hydroxyl groups is 1. The molecule has 1 aromatic heterocycles. The Bertz CT molecular complexity index is 1000. The Kier molecular flexibility index (Phi) is 4.46. The highest BCUT2D eigenvalue weighted by Gasteiger charge is 2.15. The lowest BCUT2D eigenvalue weighted by Gasteiger charge is -2.16. The molecule has 4 rings (SSSR count). The van der Waals surface area contributed by atoms with Crippen molar-refractivity contribution in [2.45, 2.75) is 12.6 Å². The zero-order valence-electron chi connectivity index (χ0n) is 14.7. The van der Waals surface area contributed by atoms with Crippen molar-refractivity contribution in [3.05, 3.63) is 90.5 Å². The number of aromatic nitrogens is 1. The first-order valence-electron chi connectivity index (χ1n) is 8.72. The van der Waals surface area contributed by atoms with Crippen molar-refractivity contribution in [3.8, 4) is 17.0 Å². The largest absolute Gasteiger partial charge is 0.497 e. The van der Waals surface area contributed by atoms with Crippen molar-refractivity contribution in [3.63, 3.8) is 0 Å². The van der Waals surface area contributed by atoms with Crippen molar-refractivity contribution in [1.29, 1.82) is 0 Å². The number of methoxy groups -OCH3 is 1. The van der Waals surface area contributed by atoms with Crippen LogP contribution in [0.5, 0.6) is 5.75 Å². The minimum Gasteiger partial charge on any atom is -0.497 e. The molecule has 1 unspecified atom stereocenters. The van der Waals surface area contributed by atoms with Gasteiger partial charge in [0.2, 0.25) is 0 Å². The number of para-hydroxylation sites is 1. The molecular weight excluding hydrogens is 322 g/mol. The summed E-state index contributed by atoms with van der Waals surface area (Å²) in [7, 11) is 1.67. The molecule has 3 heteroatoms. The van der Waals surface area contributed by atoms with Crippen LogP contribution in [0.25, 0.3) is 22.2 Å². The van der Waals surface area contributed by atoms with Crippen molar-refractivity contribution in [2.24, 2.45) is 0 Å². The molecule has 26 heavy (non-hydrogen) atoms. The average molecular weight is 343 g/mol. The molecule has 0 spiro atoms. The van der Waals surface area contributed by atoms with Gasteiger partial charge in [-0.05, 0) is 47.5 Å². The maximum absolute atomic E-state index is 10.8. The molecule has 0 saturated carbocycles. The van der Waals surface area contributed by atoms with Crippen LogP contribution in [0.15, 0.2) is 84.9 Å². The molecule has 3 aromatic carbocycles. The number of hydrogen-bond acceptors (Lipinski definition) is 2. The summed E-state index contributed by atoms with van der Waals surface area (Å²) in [6, 6.07) is 28.3. The average Bonchev–Trinajstić information content (AvgIpc) is 3.07. The van der Waals surface area contributed by atoms with E-state index in [-0.39, 0.29) is 0 Å². The van der Waals surface area contributed by atoms with Crippen molar-refractivity contribution in [2.75, 3.05) is 7.11 Å². The molecule has 0 amide bonds. The van der Waals surface area contributed by atoms with Crippen molar-refractivity contribution in [1.82, 2.24) is 4.57 Å². The molecule has 0 bridgehead atoms. The number of nitrogens with zero attached hydrogens (tertiary/aromatic N) is 1. The summed E-state index contributed by atoms with van der Waals surface area (Å²) in [5.74, 6) is 0.834. The first-order valence-corrected chi connectivity index (χ1v) is 8.72. The predicted molar refractivity (Wildman–Crippen MR) is 105 cm³/mol. The molecule has 0 aliphatic heterocycles. The second-order valence-corrected chi connectivity index (χ2v) is 6.35. The minimum atomic E-state index is -0.566. The van der Waals surface area contributed by atoms with E-state index in [1.807, 2.05) is 54.6 Å². The lowest BCUT2D eigenvalue weighted by Crippen LogP contribution is -2.09. The normalized spacial score (nSPS) is 12.2. The molecule has 0 fully saturated rings. The third-order valence-corrected chi connectivity index (χ3v) is 4.74. The molecule has 0 radical (unpaired) electrons. The van der Waals surface area contributed by atoms with Gasteiger partial charge in [0.05, 0.1) is 19.8 Å². The van der Waals surface area contributed by atoms with Crippen LogP contribution in [0.1, 0.15) is 11.7 Å². The Morgan fingerprint density at radius 2 is 1.58 bits per heavy atom. The predicted octanol–water partition coefficient (Wildman–Crippen LogP) is 5.05. The summed E-state index contributed by atoms with van der Waals surface area (Å²) >= 11 is 0. The molecule has 1 heterocycles. The first-order chi connectivity index (χ1) is 12.8. The minimum absolute atomic E-state index is 0.499. The van der Waals surface area contributed by atoms with E-state index in [2.05, 4.69) is 34.9 Å². The van der Waals surface area contributed by atoms with Gasteiger partial charge in [0.15, 0.2) is 0 Å². The topological polar surface area (TPSA) is 34.4 Å². The van der Waals surface area contributed by atoms with Gasteiger partial charge in [-0.25, -0.2) is 0 Å². The van der Waals surface area contributed by atoms with Crippen molar-refractivity contribution < 1.29 is 9.84 Å². The number of hydrogen-bond donors (Lipinski definition) is 1. The van der Waals surface area contributed by atoms with Crippen LogP contribution in [-0.4, -0.2) is 16.8 Å². The van der Waals surface area contributed by atoms with Crippen LogP contribution >= 0.6 is 0 Å². The van der Waals surface area contributed by atoms with Crippen LogP contribution in [0.3, 0.4) is 0 Å². The zero-order valence-corrected chi connectivity index (χ0v) is 14.7. The van der Waals surface area contributed by atoms with Gasteiger partial charge in [0, 0.05) is 16.6 Å². The van der Waals surface area contributed by atoms with E-state index in [9.17, 15) is 5.11 Å². The summed E-state index contributed by atoms with van der Waals surface area (Å²) in [4.78, 5) is 0. The highest BCUT2D eigenvalue weighted by atomic mass is 16.5. The van der Waals surface area contributed by atoms with E-state index in [0.717, 1.165) is 28.1 Å². The molecule has 130 valence electrons. The van der Waals surface area contributed by atoms with Crippen LogP contribution in [0.2, 0.25) is 0 Å². The zero-order chi connectivity index (χ0) is 17.9. The second kappa shape index (κ2) is 7.06. The molecular formula is C23H21NO2. The number of rotatable bonds is 5. The Morgan fingerprint density at radius 3 is 2.31 bits per heavy atom. The second-order valence-electron chi connectivity index (χ2n) is 6.35. The monoisotopic (exact) mass is 343 g/mol. The number of ether oxygens (including phenoxy) is 1. The highest BCUT2D eigenvalue weighted by Crippen LogP contribution is 2.31. The molecule has 0 saturated heterocycles. The van der Waals surface area contributed by atoms with Gasteiger partial charge in [-0.3, -0.25) is 0 Å². The Labute approximate surface area is 153 Å². The molecule has 1 atom stereocenters. The summed E-state index contributed by atoms with van der Waals surface area (Å²) in [5, 5.41) is 11.9. The smallest absolute Gasteiger partial charge is 0.118 e. The summed E-state index contributed by atoms with van der Waals surface area (Å²) in [6.07, 6.45) is -0.566. The van der Waals surface area contributed by atoms with Gasteiger partial charge in [-0.15, -0.1) is 0 Å². The van der Waals surface area contributed by atoms with Gasteiger partial charge >= 0.3 is 0 Å². The summed E-state index contributed by atoms with van der Waals surface area (Å²) in [6.45, 7) is 0.499. The number of benzene rings is 3. The van der Waals surface area contributed by atoms with Gasteiger partial charge in [0.1, 0.15) is 5.75 Å². The van der Waals surface area contributed by atoms with Gasteiger partial charge in [-0.2, -0.15) is 0 Å². The summed E-state index contributed by atoms with van der Waals surface area (Å²) in [5.41, 5.74) is 4.23. The lowest BCUT2D eigenvalue weighted by atomic mass is 10.1. The summed E-state index contributed by atoms with van der Waals surface area (Å²) < 4.78 is 7.46. The molecule has 4 aromatic rings. The fourth-order valence-electron chi connectivity index (χ4n) is 3.36. The van der Waals surface area contributed by atoms with Gasteiger partial charge < -0.3 is 14.4 Å². The molecule has 0 aliphatic carbocycles. The first kappa shape index (κ1) is 16.4. The van der Waals surface area contributed by atoms with E-state index in [4.69, 9.17) is 4.74 Å². The third-order valence-electron chi connectivity index (χ3n) is 4.74. The molecule has 3 nitrogen and oxygen atoms in total.